The molecule has 0 aromatic carbocycles. The summed E-state index contributed by atoms with van der Waals surface area (Å²) in [6.45, 7) is 15.3. The normalized spacial score (nSPS) is 25.2. The van der Waals surface area contributed by atoms with E-state index in [1.54, 1.807) is 4.31 Å². The van der Waals surface area contributed by atoms with Gasteiger partial charge >= 0.3 is 0 Å². The Hall–Kier alpha value is -0.170. The van der Waals surface area contributed by atoms with E-state index >= 15 is 0 Å². The second kappa shape index (κ2) is 7.90. The van der Waals surface area contributed by atoms with Gasteiger partial charge in [-0.15, -0.1) is 0 Å². The third-order valence-electron chi connectivity index (χ3n) is 4.16. The van der Waals surface area contributed by atoms with Gasteiger partial charge in [0.15, 0.2) is 0 Å². The van der Waals surface area contributed by atoms with Crippen molar-refractivity contribution in [2.75, 3.05) is 26.2 Å². The zero-order valence-corrected chi connectivity index (χ0v) is 15.3. The Morgan fingerprint density at radius 3 is 2.00 bits per heavy atom. The molecule has 1 heterocycles. The number of hydrogen-bond acceptors (Lipinski definition) is 3. The minimum Gasteiger partial charge on any atom is -0.297 e. The van der Waals surface area contributed by atoms with Crippen LogP contribution in [0.2, 0.25) is 0 Å². The third kappa shape index (κ3) is 5.85. The summed E-state index contributed by atoms with van der Waals surface area (Å²) in [6, 6.07) is 0.842. The van der Waals surface area contributed by atoms with E-state index in [1.165, 1.54) is 0 Å². The zero-order chi connectivity index (χ0) is 16.2. The van der Waals surface area contributed by atoms with Crippen molar-refractivity contribution < 1.29 is 8.42 Å². The molecule has 6 heteroatoms. The predicted octanol–water partition coefficient (Wildman–Crippen LogP) is 1.92. The maximum Gasteiger partial charge on any atom is 0.279 e. The Kier molecular flexibility index (Phi) is 7.10. The number of hydrogen-bond donors (Lipinski definition) is 1. The van der Waals surface area contributed by atoms with Crippen molar-refractivity contribution >= 4 is 10.2 Å². The first-order chi connectivity index (χ1) is 9.63. The van der Waals surface area contributed by atoms with Gasteiger partial charge in [0, 0.05) is 38.3 Å². The van der Waals surface area contributed by atoms with Gasteiger partial charge in [0.25, 0.3) is 10.2 Å². The molecular weight excluding hydrogens is 286 g/mol. The number of nitrogens with one attached hydrogen (secondary N) is 1. The lowest BCUT2D eigenvalue weighted by Crippen LogP contribution is -2.50. The summed E-state index contributed by atoms with van der Waals surface area (Å²) in [4.78, 5) is 2.30. The van der Waals surface area contributed by atoms with Crippen molar-refractivity contribution in [2.45, 2.75) is 60.0 Å². The van der Waals surface area contributed by atoms with E-state index in [2.05, 4.69) is 51.2 Å². The molecule has 1 fully saturated rings. The molecule has 21 heavy (non-hydrogen) atoms. The first-order valence-electron chi connectivity index (χ1n) is 8.14. The molecule has 126 valence electrons. The molecule has 1 rings (SSSR count). The van der Waals surface area contributed by atoms with E-state index < -0.39 is 10.2 Å². The number of nitrogens with zero attached hydrogens (tertiary/aromatic N) is 2. The van der Waals surface area contributed by atoms with Gasteiger partial charge in [0.1, 0.15) is 0 Å². The van der Waals surface area contributed by atoms with E-state index in [0.717, 1.165) is 13.0 Å². The van der Waals surface area contributed by atoms with Gasteiger partial charge in [-0.3, -0.25) is 4.90 Å². The van der Waals surface area contributed by atoms with Crippen molar-refractivity contribution in [1.29, 1.82) is 0 Å². The van der Waals surface area contributed by atoms with Crippen LogP contribution >= 0.6 is 0 Å². The molecule has 0 bridgehead atoms. The fourth-order valence-corrected chi connectivity index (χ4v) is 4.74. The molecule has 0 saturated carbocycles. The number of piperidine rings is 1. The van der Waals surface area contributed by atoms with Crippen molar-refractivity contribution in [3.8, 4) is 0 Å². The van der Waals surface area contributed by atoms with Crippen LogP contribution in [0.3, 0.4) is 0 Å². The van der Waals surface area contributed by atoms with Crippen LogP contribution in [0.15, 0.2) is 0 Å². The van der Waals surface area contributed by atoms with Crippen molar-refractivity contribution in [1.82, 2.24) is 13.9 Å². The minimum atomic E-state index is -3.34. The first kappa shape index (κ1) is 18.9. The van der Waals surface area contributed by atoms with Crippen LogP contribution in [0.4, 0.5) is 0 Å². The van der Waals surface area contributed by atoms with E-state index in [0.29, 0.717) is 43.6 Å². The smallest absolute Gasteiger partial charge is 0.279 e. The monoisotopic (exact) mass is 319 g/mol. The van der Waals surface area contributed by atoms with Crippen LogP contribution in [-0.2, 0) is 10.2 Å². The van der Waals surface area contributed by atoms with Gasteiger partial charge < -0.3 is 0 Å². The van der Waals surface area contributed by atoms with E-state index in [1.807, 2.05) is 0 Å². The molecular formula is C15H33N3O2S. The molecule has 2 atom stereocenters. The summed E-state index contributed by atoms with van der Waals surface area (Å²) < 4.78 is 29.2. The van der Waals surface area contributed by atoms with Crippen LogP contribution in [0.5, 0.6) is 0 Å². The molecule has 5 nitrogen and oxygen atoms in total. The van der Waals surface area contributed by atoms with Crippen LogP contribution in [0.25, 0.3) is 0 Å². The predicted molar refractivity (Wildman–Crippen MR) is 88.4 cm³/mol. The highest BCUT2D eigenvalue weighted by molar-refractivity contribution is 7.87. The van der Waals surface area contributed by atoms with Crippen LogP contribution in [0.1, 0.15) is 48.0 Å². The Labute approximate surface area is 131 Å². The molecule has 0 aromatic rings. The Bertz CT molecular complexity index is 391. The molecule has 0 aromatic heterocycles. The summed E-state index contributed by atoms with van der Waals surface area (Å²) in [5.74, 6) is 0.876. The highest BCUT2D eigenvalue weighted by Crippen LogP contribution is 2.22. The molecule has 1 aliphatic rings. The highest BCUT2D eigenvalue weighted by Gasteiger charge is 2.30. The largest absolute Gasteiger partial charge is 0.297 e. The second-order valence-electron chi connectivity index (χ2n) is 7.09. The maximum absolute atomic E-state index is 12.4. The van der Waals surface area contributed by atoms with Crippen molar-refractivity contribution in [3.05, 3.63) is 0 Å². The Morgan fingerprint density at radius 2 is 1.57 bits per heavy atom. The topological polar surface area (TPSA) is 52.7 Å². The van der Waals surface area contributed by atoms with Gasteiger partial charge in [-0.05, 0) is 46.0 Å². The quantitative estimate of drug-likeness (QED) is 0.780. The lowest BCUT2D eigenvalue weighted by atomic mass is 9.94. The number of rotatable bonds is 7. The first-order valence-corrected chi connectivity index (χ1v) is 9.58. The molecule has 1 saturated heterocycles. The zero-order valence-electron chi connectivity index (χ0n) is 14.5. The standard InChI is InChI=1S/C15H33N3O2S/c1-12(2)18(13(3)4)8-7-16-21(19,20)17-10-14(5)9-15(6)11-17/h12-16H,7-11H2,1-6H3. The van der Waals surface area contributed by atoms with Crippen LogP contribution in [0, 0.1) is 11.8 Å². The minimum absolute atomic E-state index is 0.421. The summed E-state index contributed by atoms with van der Waals surface area (Å²) in [5.41, 5.74) is 0. The van der Waals surface area contributed by atoms with Gasteiger partial charge in [-0.2, -0.15) is 12.7 Å². The van der Waals surface area contributed by atoms with E-state index in [9.17, 15) is 8.42 Å². The Balaban J connectivity index is 2.53. The lowest BCUT2D eigenvalue weighted by Gasteiger charge is -2.34. The van der Waals surface area contributed by atoms with Gasteiger partial charge in [-0.1, -0.05) is 13.8 Å². The van der Waals surface area contributed by atoms with Crippen LogP contribution < -0.4 is 4.72 Å². The summed E-state index contributed by atoms with van der Waals surface area (Å²) in [7, 11) is -3.34. The van der Waals surface area contributed by atoms with Gasteiger partial charge in [-0.25, -0.2) is 4.72 Å². The van der Waals surface area contributed by atoms with Crippen molar-refractivity contribution in [3.63, 3.8) is 0 Å². The fourth-order valence-electron chi connectivity index (χ4n) is 3.31. The molecule has 1 aliphatic heterocycles. The summed E-state index contributed by atoms with van der Waals surface area (Å²) in [5, 5.41) is 0. The average Bonchev–Trinajstić information content (AvgIpc) is 2.32. The molecule has 0 spiro atoms. The Morgan fingerprint density at radius 1 is 1.10 bits per heavy atom. The van der Waals surface area contributed by atoms with Crippen LogP contribution in [-0.4, -0.2) is 55.9 Å². The molecule has 0 amide bonds. The maximum atomic E-state index is 12.4. The summed E-state index contributed by atoms with van der Waals surface area (Å²) in [6.07, 6.45) is 1.11. The van der Waals surface area contributed by atoms with Crippen molar-refractivity contribution in [2.24, 2.45) is 11.8 Å². The molecule has 0 aliphatic carbocycles. The van der Waals surface area contributed by atoms with E-state index in [-0.39, 0.29) is 0 Å². The van der Waals surface area contributed by atoms with E-state index in [4.69, 9.17) is 0 Å². The average molecular weight is 320 g/mol. The van der Waals surface area contributed by atoms with Gasteiger partial charge in [0.05, 0.1) is 0 Å². The lowest BCUT2D eigenvalue weighted by molar-refractivity contribution is 0.177. The highest BCUT2D eigenvalue weighted by atomic mass is 32.2. The molecule has 2 unspecified atom stereocenters. The molecule has 0 radical (unpaired) electrons. The third-order valence-corrected chi connectivity index (χ3v) is 5.70. The fraction of sp³-hybridized carbons (Fsp3) is 1.00. The second-order valence-corrected chi connectivity index (χ2v) is 8.84. The molecule has 1 N–H and O–H groups in total. The van der Waals surface area contributed by atoms with Gasteiger partial charge in [0.2, 0.25) is 0 Å². The summed E-state index contributed by atoms with van der Waals surface area (Å²) >= 11 is 0. The SMILES string of the molecule is CC1CC(C)CN(S(=O)(=O)NCCN(C(C)C)C(C)C)C1.